The number of nitrogens with two attached hydrogens (primary N) is 1. The number of carbonyl (C=O) groups excluding carboxylic acids is 4. The molecule has 11 nitrogen and oxygen atoms in total. The number of cyclic esters (lactones) is 1. The van der Waals surface area contributed by atoms with Gasteiger partial charge in [0.25, 0.3) is 0 Å². The third-order valence-electron chi connectivity index (χ3n) is 6.02. The van der Waals surface area contributed by atoms with Gasteiger partial charge in [0, 0.05) is 12.7 Å². The van der Waals surface area contributed by atoms with Crippen LogP contribution in [0.5, 0.6) is 0 Å². The average molecular weight is 558 g/mol. The number of amides is 4. The van der Waals surface area contributed by atoms with E-state index in [9.17, 15) is 19.2 Å². The van der Waals surface area contributed by atoms with E-state index in [2.05, 4.69) is 15.6 Å². The highest BCUT2D eigenvalue weighted by Gasteiger charge is 2.47. The van der Waals surface area contributed by atoms with E-state index < -0.39 is 59.1 Å². The monoisotopic (exact) mass is 557 g/mol. The highest BCUT2D eigenvalue weighted by atomic mass is 32.2. The van der Waals surface area contributed by atoms with Crippen LogP contribution in [0.4, 0.5) is 9.59 Å². The Morgan fingerprint density at radius 3 is 2.38 bits per heavy atom. The minimum absolute atomic E-state index is 0.118. The van der Waals surface area contributed by atoms with Gasteiger partial charge in [0.2, 0.25) is 11.8 Å². The zero-order valence-electron chi connectivity index (χ0n) is 22.6. The number of rotatable bonds is 10. The van der Waals surface area contributed by atoms with E-state index in [1.165, 1.54) is 11.8 Å². The quantitative estimate of drug-likeness (QED) is 0.400. The maximum atomic E-state index is 13.9. The number of primary amides is 1. The predicted molar refractivity (Wildman–Crippen MR) is 147 cm³/mol. The highest BCUT2D eigenvalue weighted by molar-refractivity contribution is 8.00. The topological polar surface area (TPSA) is 153 Å². The van der Waals surface area contributed by atoms with Crippen molar-refractivity contribution in [3.05, 3.63) is 66.0 Å². The lowest BCUT2D eigenvalue weighted by molar-refractivity contribution is -0.129. The normalized spacial score (nSPS) is 19.5. The first-order valence-electron chi connectivity index (χ1n) is 12.5. The van der Waals surface area contributed by atoms with Crippen LogP contribution in [0.3, 0.4) is 0 Å². The Morgan fingerprint density at radius 2 is 1.82 bits per heavy atom. The van der Waals surface area contributed by atoms with Crippen molar-refractivity contribution in [1.82, 2.24) is 20.5 Å². The fourth-order valence-corrected chi connectivity index (χ4v) is 5.03. The average Bonchev–Trinajstić information content (AvgIpc) is 3.18. The van der Waals surface area contributed by atoms with E-state index in [1.54, 1.807) is 58.3 Å². The van der Waals surface area contributed by atoms with Crippen molar-refractivity contribution < 1.29 is 28.7 Å². The molecular formula is C27H35N5O6S. The van der Waals surface area contributed by atoms with E-state index >= 15 is 0 Å². The fourth-order valence-electron chi connectivity index (χ4n) is 4.21. The molecular weight excluding hydrogens is 522 g/mol. The molecule has 1 fully saturated rings. The van der Waals surface area contributed by atoms with Gasteiger partial charge in [-0.05, 0) is 51.6 Å². The summed E-state index contributed by atoms with van der Waals surface area (Å²) in [6, 6.07) is 12.0. The Morgan fingerprint density at radius 1 is 1.15 bits per heavy atom. The summed E-state index contributed by atoms with van der Waals surface area (Å²) in [6.45, 7) is 6.73. The Kier molecular flexibility index (Phi) is 9.92. The summed E-state index contributed by atoms with van der Waals surface area (Å²) in [5.74, 6) is -1.26. The Bertz CT molecular complexity index is 1160. The highest BCUT2D eigenvalue weighted by Crippen LogP contribution is 2.35. The van der Waals surface area contributed by atoms with Gasteiger partial charge in [-0.25, -0.2) is 14.5 Å². The zero-order chi connectivity index (χ0) is 28.7. The van der Waals surface area contributed by atoms with Crippen molar-refractivity contribution in [1.29, 1.82) is 0 Å². The lowest BCUT2D eigenvalue weighted by atomic mass is 10.0. The first kappa shape index (κ1) is 29.9. The van der Waals surface area contributed by atoms with Gasteiger partial charge in [-0.3, -0.25) is 14.6 Å². The second kappa shape index (κ2) is 12.9. The van der Waals surface area contributed by atoms with Crippen LogP contribution in [0.15, 0.2) is 54.7 Å². The molecule has 3 rings (SSSR count). The Labute approximate surface area is 232 Å². The molecule has 1 aliphatic rings. The molecule has 0 radical (unpaired) electrons. The standard InChI is InChI=1S/C27H35N5O6S/c1-16-21(17-11-7-6-8-12-17)37-26(36)32(16)24(34)22(39-5)20(18-13-9-10-14-29-18)30-15-19(23(28)33)31-25(35)38-27(2,3)4/h6-14,16,19-22,30H,15H2,1-5H3,(H2,28,33)(H,31,35)/t16-,19+,20+,21-,22+/m1/s1. The van der Waals surface area contributed by atoms with Crippen molar-refractivity contribution in [3.8, 4) is 0 Å². The van der Waals surface area contributed by atoms with Gasteiger partial charge in [0.05, 0.1) is 17.8 Å². The van der Waals surface area contributed by atoms with E-state index in [-0.39, 0.29) is 6.54 Å². The molecule has 1 aliphatic heterocycles. The molecule has 1 aromatic heterocycles. The molecule has 39 heavy (non-hydrogen) atoms. The summed E-state index contributed by atoms with van der Waals surface area (Å²) in [5.41, 5.74) is 6.06. The third kappa shape index (κ3) is 7.70. The minimum atomic E-state index is -1.14. The van der Waals surface area contributed by atoms with Crippen LogP contribution in [-0.4, -0.2) is 69.6 Å². The number of hydrogen-bond donors (Lipinski definition) is 3. The van der Waals surface area contributed by atoms with Crippen LogP contribution in [0.25, 0.3) is 0 Å². The number of carbonyl (C=O) groups is 4. The number of alkyl carbamates (subject to hydrolysis) is 1. The lowest BCUT2D eigenvalue weighted by Crippen LogP contribution is -2.54. The Hall–Kier alpha value is -3.64. The molecule has 1 saturated heterocycles. The van der Waals surface area contributed by atoms with Crippen molar-refractivity contribution >= 4 is 35.8 Å². The van der Waals surface area contributed by atoms with Gasteiger partial charge in [0.15, 0.2) is 0 Å². The van der Waals surface area contributed by atoms with Crippen LogP contribution >= 0.6 is 11.8 Å². The summed E-state index contributed by atoms with van der Waals surface area (Å²) in [4.78, 5) is 56.7. The number of nitrogens with one attached hydrogen (secondary N) is 2. The summed E-state index contributed by atoms with van der Waals surface area (Å²) in [5, 5.41) is 4.79. The van der Waals surface area contributed by atoms with Crippen molar-refractivity contribution in [2.75, 3.05) is 12.8 Å². The number of ether oxygens (including phenoxy) is 2. The predicted octanol–water partition coefficient (Wildman–Crippen LogP) is 2.93. The molecule has 0 bridgehead atoms. The molecule has 1 aromatic carbocycles. The van der Waals surface area contributed by atoms with Gasteiger partial charge < -0.3 is 25.8 Å². The summed E-state index contributed by atoms with van der Waals surface area (Å²) in [7, 11) is 0. The molecule has 0 unspecified atom stereocenters. The molecule has 0 spiro atoms. The van der Waals surface area contributed by atoms with Gasteiger partial charge >= 0.3 is 12.2 Å². The molecule has 0 saturated carbocycles. The second-order valence-electron chi connectivity index (χ2n) is 10.1. The molecule has 210 valence electrons. The van der Waals surface area contributed by atoms with Crippen LogP contribution in [-0.2, 0) is 19.1 Å². The summed E-state index contributed by atoms with van der Waals surface area (Å²) in [6.07, 6.45) is 1.17. The molecule has 12 heteroatoms. The molecule has 2 aromatic rings. The van der Waals surface area contributed by atoms with Gasteiger partial charge in [-0.1, -0.05) is 36.4 Å². The smallest absolute Gasteiger partial charge is 0.417 e. The molecule has 5 atom stereocenters. The summed E-state index contributed by atoms with van der Waals surface area (Å²) >= 11 is 1.22. The second-order valence-corrected chi connectivity index (χ2v) is 11.0. The molecule has 4 N–H and O–H groups in total. The first-order chi connectivity index (χ1) is 18.4. The maximum Gasteiger partial charge on any atom is 0.417 e. The largest absolute Gasteiger partial charge is 0.444 e. The number of hydrogen-bond acceptors (Lipinski definition) is 9. The number of thioether (sulfide) groups is 1. The van der Waals surface area contributed by atoms with Crippen LogP contribution < -0.4 is 16.4 Å². The number of imide groups is 1. The number of benzene rings is 1. The Balaban J connectivity index is 1.83. The van der Waals surface area contributed by atoms with E-state index in [1.807, 2.05) is 30.3 Å². The summed E-state index contributed by atoms with van der Waals surface area (Å²) < 4.78 is 10.8. The van der Waals surface area contributed by atoms with Crippen molar-refractivity contribution in [2.45, 2.75) is 62.8 Å². The maximum absolute atomic E-state index is 13.9. The number of nitrogens with zero attached hydrogens (tertiary/aromatic N) is 2. The number of aromatic nitrogens is 1. The van der Waals surface area contributed by atoms with Crippen LogP contribution in [0, 0.1) is 0 Å². The van der Waals surface area contributed by atoms with E-state index in [0.717, 1.165) is 10.5 Å². The van der Waals surface area contributed by atoms with Crippen molar-refractivity contribution in [2.24, 2.45) is 5.73 Å². The minimum Gasteiger partial charge on any atom is -0.444 e. The van der Waals surface area contributed by atoms with Gasteiger partial charge in [-0.2, -0.15) is 0 Å². The third-order valence-corrected chi connectivity index (χ3v) is 7.00. The van der Waals surface area contributed by atoms with Crippen LogP contribution in [0.2, 0.25) is 0 Å². The van der Waals surface area contributed by atoms with Gasteiger partial charge in [0.1, 0.15) is 23.0 Å². The van der Waals surface area contributed by atoms with E-state index in [0.29, 0.717) is 5.69 Å². The van der Waals surface area contributed by atoms with Gasteiger partial charge in [-0.15, -0.1) is 11.8 Å². The molecule has 2 heterocycles. The van der Waals surface area contributed by atoms with Crippen molar-refractivity contribution in [3.63, 3.8) is 0 Å². The number of pyridine rings is 1. The zero-order valence-corrected chi connectivity index (χ0v) is 23.4. The lowest BCUT2D eigenvalue weighted by Gasteiger charge is -2.30. The first-order valence-corrected chi connectivity index (χ1v) is 13.8. The fraction of sp³-hybridized carbons (Fsp3) is 0.444. The van der Waals surface area contributed by atoms with Crippen LogP contribution in [0.1, 0.15) is 51.1 Å². The SMILES string of the molecule is CS[C@H](C(=O)N1C(=O)O[C@@H](c2ccccc2)[C@H]1C)[C@@H](NC[C@H](NC(=O)OC(C)(C)C)C(N)=O)c1ccccn1. The van der Waals surface area contributed by atoms with E-state index in [4.69, 9.17) is 15.2 Å². The molecule has 0 aliphatic carbocycles. The molecule has 4 amide bonds.